The summed E-state index contributed by atoms with van der Waals surface area (Å²) in [6.45, 7) is 8.73. The number of rotatable bonds is 13. The monoisotopic (exact) mass is 511 g/mol. The van der Waals surface area contributed by atoms with Crippen LogP contribution in [0.3, 0.4) is 0 Å². The summed E-state index contributed by atoms with van der Waals surface area (Å²) in [5.41, 5.74) is 0.959. The number of fused-ring (bicyclic) bond motifs is 1. The fourth-order valence-electron chi connectivity index (χ4n) is 4.70. The van der Waals surface area contributed by atoms with Gasteiger partial charge in [0.1, 0.15) is 6.04 Å². The van der Waals surface area contributed by atoms with Crippen LogP contribution in [-0.4, -0.2) is 75.2 Å². The Labute approximate surface area is 220 Å². The van der Waals surface area contributed by atoms with Gasteiger partial charge in [0.05, 0.1) is 26.7 Å². The van der Waals surface area contributed by atoms with Crippen LogP contribution in [0.5, 0.6) is 0 Å². The lowest BCUT2D eigenvalue weighted by molar-refractivity contribution is -0.144. The van der Waals surface area contributed by atoms with Crippen LogP contribution < -0.4 is 10.6 Å². The van der Waals surface area contributed by atoms with Gasteiger partial charge in [0, 0.05) is 32.0 Å². The third-order valence-electron chi connectivity index (χ3n) is 6.71. The number of carbonyl (C=O) groups is 3. The number of hydrogen-bond donors (Lipinski definition) is 2. The molecule has 0 saturated carbocycles. The Kier molecular flexibility index (Phi) is 11.4. The van der Waals surface area contributed by atoms with Crippen molar-refractivity contribution in [3.8, 4) is 0 Å². The highest BCUT2D eigenvalue weighted by Gasteiger charge is 2.28. The lowest BCUT2D eigenvalue weighted by Crippen LogP contribution is -2.50. The zero-order chi connectivity index (χ0) is 26.6. The molecule has 0 radical (unpaired) electrons. The number of nitrogens with one attached hydrogen (secondary N) is 2. The van der Waals surface area contributed by atoms with Crippen LogP contribution in [0.15, 0.2) is 42.5 Å². The molecular formula is C29H41N3O5. The van der Waals surface area contributed by atoms with Crippen molar-refractivity contribution in [2.75, 3.05) is 46.5 Å². The minimum absolute atomic E-state index is 0.00955. The first kappa shape index (κ1) is 28.6. The highest BCUT2D eigenvalue weighted by atomic mass is 16.5. The molecule has 8 heteroatoms. The molecule has 37 heavy (non-hydrogen) atoms. The summed E-state index contributed by atoms with van der Waals surface area (Å²) >= 11 is 0. The van der Waals surface area contributed by atoms with Crippen LogP contribution in [0, 0.1) is 11.8 Å². The van der Waals surface area contributed by atoms with E-state index in [4.69, 9.17) is 9.47 Å². The predicted molar refractivity (Wildman–Crippen MR) is 144 cm³/mol. The van der Waals surface area contributed by atoms with Crippen molar-refractivity contribution in [3.63, 3.8) is 0 Å². The first-order valence-corrected chi connectivity index (χ1v) is 13.3. The smallest absolute Gasteiger partial charge is 0.306 e. The molecule has 8 nitrogen and oxygen atoms in total. The van der Waals surface area contributed by atoms with Crippen LogP contribution >= 0.6 is 0 Å². The number of carbonyl (C=O) groups excluding carboxylic acids is 3. The topological polar surface area (TPSA) is 97.0 Å². The van der Waals surface area contributed by atoms with E-state index in [0.717, 1.165) is 55.6 Å². The molecule has 1 aliphatic rings. The lowest BCUT2D eigenvalue weighted by atomic mass is 9.92. The summed E-state index contributed by atoms with van der Waals surface area (Å²) in [5, 5.41) is 8.17. The summed E-state index contributed by atoms with van der Waals surface area (Å²) in [6.07, 6.45) is 1.70. The fourth-order valence-corrected chi connectivity index (χ4v) is 4.70. The molecule has 202 valence electrons. The molecule has 0 aromatic heterocycles. The van der Waals surface area contributed by atoms with E-state index in [2.05, 4.69) is 21.6 Å². The summed E-state index contributed by atoms with van der Waals surface area (Å²) in [6, 6.07) is 13.4. The second-order valence-electron chi connectivity index (χ2n) is 10.2. The SMILES string of the molecule is COC(=O)C[C@@H](CC(C)C)C(=O)N[C@@H](Cc1ccc2ccccc2c1)C(=O)NCCCN1CCOCC1. The highest BCUT2D eigenvalue weighted by Crippen LogP contribution is 2.19. The van der Waals surface area contributed by atoms with E-state index in [1.54, 1.807) is 0 Å². The Morgan fingerprint density at radius 3 is 2.46 bits per heavy atom. The average Bonchev–Trinajstić information content (AvgIpc) is 2.90. The molecule has 2 aromatic carbocycles. The largest absolute Gasteiger partial charge is 0.469 e. The van der Waals surface area contributed by atoms with Gasteiger partial charge in [0.15, 0.2) is 0 Å². The molecule has 2 atom stereocenters. The van der Waals surface area contributed by atoms with Crippen molar-refractivity contribution in [2.24, 2.45) is 11.8 Å². The standard InChI is InChI=1S/C29H41N3O5/c1-21(2)17-25(20-27(33)36-3)28(34)31-26(19-22-9-10-23-7-4-5-8-24(23)18-22)29(35)30-11-6-12-32-13-15-37-16-14-32/h4-5,7-10,18,21,25-26H,6,11-17,19-20H2,1-3H3,(H,30,35)(H,31,34)/t25-,26+/m1/s1. The van der Waals surface area contributed by atoms with Crippen LogP contribution in [-0.2, 0) is 30.3 Å². The lowest BCUT2D eigenvalue weighted by Gasteiger charge is -2.26. The number of morpholine rings is 1. The van der Waals surface area contributed by atoms with Gasteiger partial charge in [0.2, 0.25) is 11.8 Å². The van der Waals surface area contributed by atoms with Gasteiger partial charge >= 0.3 is 5.97 Å². The van der Waals surface area contributed by atoms with Crippen molar-refractivity contribution >= 4 is 28.6 Å². The van der Waals surface area contributed by atoms with Gasteiger partial charge in [-0.05, 0) is 41.6 Å². The van der Waals surface area contributed by atoms with Gasteiger partial charge in [-0.25, -0.2) is 0 Å². The molecular weight excluding hydrogens is 470 g/mol. The van der Waals surface area contributed by atoms with Crippen LogP contribution in [0.1, 0.15) is 38.7 Å². The van der Waals surface area contributed by atoms with Crippen molar-refractivity contribution in [1.82, 2.24) is 15.5 Å². The minimum Gasteiger partial charge on any atom is -0.469 e. The van der Waals surface area contributed by atoms with E-state index in [-0.39, 0.29) is 24.2 Å². The predicted octanol–water partition coefficient (Wildman–Crippen LogP) is 2.93. The second-order valence-corrected chi connectivity index (χ2v) is 10.2. The van der Waals surface area contributed by atoms with Crippen LogP contribution in [0.25, 0.3) is 10.8 Å². The molecule has 0 aliphatic carbocycles. The molecule has 3 rings (SSSR count). The van der Waals surface area contributed by atoms with Crippen molar-refractivity contribution in [3.05, 3.63) is 48.0 Å². The zero-order valence-corrected chi connectivity index (χ0v) is 22.3. The van der Waals surface area contributed by atoms with Gasteiger partial charge in [-0.15, -0.1) is 0 Å². The molecule has 1 fully saturated rings. The van der Waals surface area contributed by atoms with E-state index in [0.29, 0.717) is 19.4 Å². The number of esters is 1. The summed E-state index contributed by atoms with van der Waals surface area (Å²) in [4.78, 5) is 40.8. The van der Waals surface area contributed by atoms with Gasteiger partial charge in [-0.1, -0.05) is 56.3 Å². The Bertz CT molecular complexity index is 1040. The van der Waals surface area contributed by atoms with E-state index >= 15 is 0 Å². The number of nitrogens with zero attached hydrogens (tertiary/aromatic N) is 1. The highest BCUT2D eigenvalue weighted by molar-refractivity contribution is 5.90. The molecule has 1 heterocycles. The molecule has 0 unspecified atom stereocenters. The fraction of sp³-hybridized carbons (Fsp3) is 0.552. The zero-order valence-electron chi connectivity index (χ0n) is 22.3. The Hall–Kier alpha value is -2.97. The number of hydrogen-bond acceptors (Lipinski definition) is 6. The Morgan fingerprint density at radius 1 is 1.03 bits per heavy atom. The number of amides is 2. The Morgan fingerprint density at radius 2 is 1.76 bits per heavy atom. The van der Waals surface area contributed by atoms with Gasteiger partial charge in [-0.3, -0.25) is 19.3 Å². The van der Waals surface area contributed by atoms with E-state index < -0.39 is 17.9 Å². The molecule has 2 amide bonds. The number of methoxy groups -OCH3 is 1. The van der Waals surface area contributed by atoms with Crippen molar-refractivity contribution < 1.29 is 23.9 Å². The van der Waals surface area contributed by atoms with E-state index in [1.807, 2.05) is 50.2 Å². The molecule has 0 spiro atoms. The Balaban J connectivity index is 1.68. The molecule has 1 aliphatic heterocycles. The second kappa shape index (κ2) is 14.7. The quantitative estimate of drug-likeness (QED) is 0.317. The van der Waals surface area contributed by atoms with Crippen molar-refractivity contribution in [2.45, 2.75) is 45.6 Å². The average molecular weight is 512 g/mol. The van der Waals surface area contributed by atoms with Gasteiger partial charge in [-0.2, -0.15) is 0 Å². The van der Waals surface area contributed by atoms with Gasteiger partial charge in [0.25, 0.3) is 0 Å². The van der Waals surface area contributed by atoms with Gasteiger partial charge < -0.3 is 20.1 Å². The third kappa shape index (κ3) is 9.44. The summed E-state index contributed by atoms with van der Waals surface area (Å²) in [5.74, 6) is -1.29. The molecule has 0 bridgehead atoms. The van der Waals surface area contributed by atoms with Crippen LogP contribution in [0.2, 0.25) is 0 Å². The van der Waals surface area contributed by atoms with Crippen LogP contribution in [0.4, 0.5) is 0 Å². The maximum Gasteiger partial charge on any atom is 0.306 e. The molecule has 2 N–H and O–H groups in total. The van der Waals surface area contributed by atoms with E-state index in [1.165, 1.54) is 7.11 Å². The number of ether oxygens (including phenoxy) is 2. The maximum absolute atomic E-state index is 13.3. The normalized spacial score (nSPS) is 15.8. The number of benzene rings is 2. The third-order valence-corrected chi connectivity index (χ3v) is 6.71. The minimum atomic E-state index is -0.746. The maximum atomic E-state index is 13.3. The summed E-state index contributed by atoms with van der Waals surface area (Å²) < 4.78 is 10.2. The summed E-state index contributed by atoms with van der Waals surface area (Å²) in [7, 11) is 1.32. The molecule has 2 aromatic rings. The first-order chi connectivity index (χ1) is 17.9. The first-order valence-electron chi connectivity index (χ1n) is 13.3. The molecule has 1 saturated heterocycles. The van der Waals surface area contributed by atoms with E-state index in [9.17, 15) is 14.4 Å². The van der Waals surface area contributed by atoms with Crippen molar-refractivity contribution in [1.29, 1.82) is 0 Å².